The Hall–Kier alpha value is -1.63. The predicted octanol–water partition coefficient (Wildman–Crippen LogP) is 1.24. The molecule has 22 heavy (non-hydrogen) atoms. The Bertz CT molecular complexity index is 414. The maximum atomic E-state index is 10.9. The standard InChI is InChI=1S/C16H26N2O4/c1-2-9-22-10-8-17-12-15(19)14(18-16(20)21)11-13-6-4-3-5-7-13/h3-7,14-15,17-19H,2,8-12H2,1H3,(H,20,21)/t14-,15-/m0/s1. The molecule has 0 fully saturated rings. The highest BCUT2D eigenvalue weighted by molar-refractivity contribution is 5.65. The molecule has 2 atom stereocenters. The molecule has 0 saturated carbocycles. The van der Waals surface area contributed by atoms with E-state index in [4.69, 9.17) is 9.84 Å². The van der Waals surface area contributed by atoms with E-state index in [1.165, 1.54) is 0 Å². The van der Waals surface area contributed by atoms with Crippen LogP contribution in [-0.4, -0.2) is 54.8 Å². The fourth-order valence-corrected chi connectivity index (χ4v) is 2.09. The first kappa shape index (κ1) is 18.4. The van der Waals surface area contributed by atoms with E-state index in [0.717, 1.165) is 18.6 Å². The van der Waals surface area contributed by atoms with Crippen LogP contribution in [0.1, 0.15) is 18.9 Å². The summed E-state index contributed by atoms with van der Waals surface area (Å²) in [4.78, 5) is 10.9. The van der Waals surface area contributed by atoms with Crippen molar-refractivity contribution in [3.05, 3.63) is 35.9 Å². The van der Waals surface area contributed by atoms with E-state index < -0.39 is 18.2 Å². The Morgan fingerprint density at radius 2 is 2.00 bits per heavy atom. The van der Waals surface area contributed by atoms with Gasteiger partial charge in [-0.2, -0.15) is 0 Å². The number of hydrogen-bond donors (Lipinski definition) is 4. The normalized spacial score (nSPS) is 13.5. The van der Waals surface area contributed by atoms with Crippen LogP contribution in [-0.2, 0) is 11.2 Å². The summed E-state index contributed by atoms with van der Waals surface area (Å²) in [6, 6.07) is 8.96. The van der Waals surface area contributed by atoms with Gasteiger partial charge in [0, 0.05) is 19.7 Å². The van der Waals surface area contributed by atoms with Crippen molar-refractivity contribution in [3.8, 4) is 0 Å². The molecule has 0 aliphatic carbocycles. The lowest BCUT2D eigenvalue weighted by Crippen LogP contribution is -2.48. The zero-order valence-corrected chi connectivity index (χ0v) is 13.0. The highest BCUT2D eigenvalue weighted by atomic mass is 16.5. The predicted molar refractivity (Wildman–Crippen MR) is 85.1 cm³/mol. The van der Waals surface area contributed by atoms with Gasteiger partial charge in [0.15, 0.2) is 0 Å². The number of aliphatic hydroxyl groups is 1. The Morgan fingerprint density at radius 3 is 2.64 bits per heavy atom. The summed E-state index contributed by atoms with van der Waals surface area (Å²) < 4.78 is 5.33. The van der Waals surface area contributed by atoms with Crippen molar-refractivity contribution in [1.82, 2.24) is 10.6 Å². The van der Waals surface area contributed by atoms with Crippen molar-refractivity contribution in [2.24, 2.45) is 0 Å². The van der Waals surface area contributed by atoms with Gasteiger partial charge in [0.1, 0.15) is 0 Å². The SMILES string of the molecule is CCCOCCNC[C@H](O)[C@H](Cc1ccccc1)NC(=O)O. The molecule has 0 aliphatic heterocycles. The molecule has 0 bridgehead atoms. The summed E-state index contributed by atoms with van der Waals surface area (Å²) in [5, 5.41) is 24.6. The van der Waals surface area contributed by atoms with Gasteiger partial charge in [-0.1, -0.05) is 37.3 Å². The van der Waals surface area contributed by atoms with Crippen molar-refractivity contribution in [2.75, 3.05) is 26.3 Å². The molecule has 0 saturated heterocycles. The fraction of sp³-hybridized carbons (Fsp3) is 0.562. The molecule has 0 aliphatic rings. The van der Waals surface area contributed by atoms with Gasteiger partial charge in [-0.05, 0) is 18.4 Å². The Balaban J connectivity index is 2.40. The number of ether oxygens (including phenoxy) is 1. The smallest absolute Gasteiger partial charge is 0.404 e. The molecule has 0 unspecified atom stereocenters. The van der Waals surface area contributed by atoms with Crippen molar-refractivity contribution >= 4 is 6.09 Å². The van der Waals surface area contributed by atoms with E-state index >= 15 is 0 Å². The van der Waals surface area contributed by atoms with Gasteiger partial charge in [-0.15, -0.1) is 0 Å². The lowest BCUT2D eigenvalue weighted by Gasteiger charge is -2.23. The van der Waals surface area contributed by atoms with Gasteiger partial charge in [-0.25, -0.2) is 4.79 Å². The lowest BCUT2D eigenvalue weighted by atomic mass is 10.0. The molecular weight excluding hydrogens is 284 g/mol. The van der Waals surface area contributed by atoms with Gasteiger partial charge in [0.25, 0.3) is 0 Å². The average Bonchev–Trinajstić information content (AvgIpc) is 2.50. The van der Waals surface area contributed by atoms with Crippen LogP contribution in [0, 0.1) is 0 Å². The van der Waals surface area contributed by atoms with Gasteiger partial charge >= 0.3 is 6.09 Å². The topological polar surface area (TPSA) is 90.8 Å². The van der Waals surface area contributed by atoms with Crippen molar-refractivity contribution < 1.29 is 19.7 Å². The zero-order chi connectivity index (χ0) is 16.2. The second-order valence-electron chi connectivity index (χ2n) is 5.13. The van der Waals surface area contributed by atoms with Gasteiger partial charge in [-0.3, -0.25) is 0 Å². The highest BCUT2D eigenvalue weighted by Gasteiger charge is 2.21. The van der Waals surface area contributed by atoms with Crippen molar-refractivity contribution in [2.45, 2.75) is 31.9 Å². The number of aliphatic hydroxyl groups excluding tert-OH is 1. The summed E-state index contributed by atoms with van der Waals surface area (Å²) in [7, 11) is 0. The summed E-state index contributed by atoms with van der Waals surface area (Å²) in [5.74, 6) is 0. The minimum Gasteiger partial charge on any atom is -0.465 e. The highest BCUT2D eigenvalue weighted by Crippen LogP contribution is 2.06. The third-order valence-electron chi connectivity index (χ3n) is 3.20. The van der Waals surface area contributed by atoms with E-state index in [-0.39, 0.29) is 0 Å². The number of nitrogens with one attached hydrogen (secondary N) is 2. The molecule has 1 amide bonds. The summed E-state index contributed by atoms with van der Waals surface area (Å²) >= 11 is 0. The van der Waals surface area contributed by atoms with Crippen LogP contribution in [0.4, 0.5) is 4.79 Å². The number of carbonyl (C=O) groups is 1. The quantitative estimate of drug-likeness (QED) is 0.462. The lowest BCUT2D eigenvalue weighted by molar-refractivity contribution is 0.108. The first-order valence-electron chi connectivity index (χ1n) is 7.63. The van der Waals surface area contributed by atoms with Gasteiger partial charge in [0.05, 0.1) is 18.8 Å². The third kappa shape index (κ3) is 7.97. The van der Waals surface area contributed by atoms with E-state index in [1.54, 1.807) is 0 Å². The van der Waals surface area contributed by atoms with Crippen LogP contribution in [0.5, 0.6) is 0 Å². The second kappa shape index (κ2) is 11.0. The largest absolute Gasteiger partial charge is 0.465 e. The molecule has 1 aromatic rings. The van der Waals surface area contributed by atoms with Crippen molar-refractivity contribution in [1.29, 1.82) is 0 Å². The molecule has 0 heterocycles. The maximum Gasteiger partial charge on any atom is 0.404 e. The van der Waals surface area contributed by atoms with E-state index in [2.05, 4.69) is 10.6 Å². The van der Waals surface area contributed by atoms with E-state index in [9.17, 15) is 9.90 Å². The molecule has 1 rings (SSSR count). The van der Waals surface area contributed by atoms with Crippen LogP contribution >= 0.6 is 0 Å². The average molecular weight is 310 g/mol. The van der Waals surface area contributed by atoms with Gasteiger partial charge < -0.3 is 25.6 Å². The molecule has 124 valence electrons. The van der Waals surface area contributed by atoms with Gasteiger partial charge in [0.2, 0.25) is 0 Å². The Morgan fingerprint density at radius 1 is 1.27 bits per heavy atom. The molecule has 1 aromatic carbocycles. The zero-order valence-electron chi connectivity index (χ0n) is 13.0. The number of benzene rings is 1. The van der Waals surface area contributed by atoms with E-state index in [1.807, 2.05) is 37.3 Å². The molecule has 4 N–H and O–H groups in total. The van der Waals surface area contributed by atoms with Crippen LogP contribution in [0.2, 0.25) is 0 Å². The molecule has 6 heteroatoms. The molecule has 6 nitrogen and oxygen atoms in total. The Kier molecular flexibility index (Phi) is 9.21. The van der Waals surface area contributed by atoms with Crippen LogP contribution in [0.25, 0.3) is 0 Å². The number of amides is 1. The molecule has 0 radical (unpaired) electrons. The Labute approximate surface area is 131 Å². The minimum atomic E-state index is -1.13. The van der Waals surface area contributed by atoms with E-state index in [0.29, 0.717) is 26.1 Å². The summed E-state index contributed by atoms with van der Waals surface area (Å²) in [5.41, 5.74) is 0.978. The second-order valence-corrected chi connectivity index (χ2v) is 5.13. The summed E-state index contributed by atoms with van der Waals surface area (Å²) in [6.45, 7) is 4.29. The van der Waals surface area contributed by atoms with Crippen molar-refractivity contribution in [3.63, 3.8) is 0 Å². The summed E-state index contributed by atoms with van der Waals surface area (Å²) in [6.07, 6.45) is -0.513. The van der Waals surface area contributed by atoms with Crippen LogP contribution < -0.4 is 10.6 Å². The molecule has 0 aromatic heterocycles. The first-order chi connectivity index (χ1) is 10.6. The number of carboxylic acid groups (broad SMARTS) is 1. The first-order valence-corrected chi connectivity index (χ1v) is 7.63. The fourth-order valence-electron chi connectivity index (χ4n) is 2.09. The number of rotatable bonds is 11. The monoisotopic (exact) mass is 310 g/mol. The van der Waals surface area contributed by atoms with Crippen LogP contribution in [0.15, 0.2) is 30.3 Å². The molecular formula is C16H26N2O4. The maximum absolute atomic E-state index is 10.9. The third-order valence-corrected chi connectivity index (χ3v) is 3.20. The number of hydrogen-bond acceptors (Lipinski definition) is 4. The molecule has 0 spiro atoms. The minimum absolute atomic E-state index is 0.313. The van der Waals surface area contributed by atoms with Crippen LogP contribution in [0.3, 0.4) is 0 Å².